The SMILES string of the molecule is CC[C@@H](C)COc1ccc(C(C)(C)c2ccc(OC[C@@H](Cl)COC(C)=O)cc2)cc1. The highest BCUT2D eigenvalue weighted by Crippen LogP contribution is 2.33. The molecule has 0 unspecified atom stereocenters. The van der Waals surface area contributed by atoms with Gasteiger partial charge in [-0.3, -0.25) is 4.79 Å². The Morgan fingerprint density at radius 1 is 0.900 bits per heavy atom. The van der Waals surface area contributed by atoms with Crippen LogP contribution < -0.4 is 9.47 Å². The summed E-state index contributed by atoms with van der Waals surface area (Å²) in [7, 11) is 0. The lowest BCUT2D eigenvalue weighted by atomic mass is 9.78. The van der Waals surface area contributed by atoms with Crippen molar-refractivity contribution >= 4 is 17.6 Å². The summed E-state index contributed by atoms with van der Waals surface area (Å²) in [6.07, 6.45) is 1.11. The smallest absolute Gasteiger partial charge is 0.302 e. The van der Waals surface area contributed by atoms with E-state index in [9.17, 15) is 4.79 Å². The van der Waals surface area contributed by atoms with Crippen molar-refractivity contribution in [3.05, 3.63) is 59.7 Å². The van der Waals surface area contributed by atoms with Gasteiger partial charge in [-0.15, -0.1) is 11.6 Å². The summed E-state index contributed by atoms with van der Waals surface area (Å²) < 4.78 is 16.5. The first kappa shape index (κ1) is 24.1. The maximum Gasteiger partial charge on any atom is 0.302 e. The summed E-state index contributed by atoms with van der Waals surface area (Å²) in [6.45, 7) is 11.3. The third-order valence-electron chi connectivity index (χ3n) is 5.28. The van der Waals surface area contributed by atoms with Crippen LogP contribution in [-0.4, -0.2) is 31.2 Å². The van der Waals surface area contributed by atoms with Gasteiger partial charge in [-0.05, 0) is 41.3 Å². The molecule has 2 rings (SSSR count). The van der Waals surface area contributed by atoms with E-state index in [1.165, 1.54) is 18.1 Å². The molecule has 0 aliphatic rings. The van der Waals surface area contributed by atoms with E-state index in [0.717, 1.165) is 24.5 Å². The molecule has 0 heterocycles. The van der Waals surface area contributed by atoms with Crippen molar-refractivity contribution in [1.82, 2.24) is 0 Å². The number of ether oxygens (including phenoxy) is 3. The van der Waals surface area contributed by atoms with Crippen molar-refractivity contribution in [3.8, 4) is 11.5 Å². The molecule has 0 fully saturated rings. The highest BCUT2D eigenvalue weighted by molar-refractivity contribution is 6.20. The molecule has 0 saturated heterocycles. The molecule has 4 nitrogen and oxygen atoms in total. The lowest BCUT2D eigenvalue weighted by Crippen LogP contribution is -2.20. The molecule has 2 aromatic carbocycles. The first-order chi connectivity index (χ1) is 14.2. The van der Waals surface area contributed by atoms with Crippen molar-refractivity contribution in [2.75, 3.05) is 19.8 Å². The molecule has 0 spiro atoms. The van der Waals surface area contributed by atoms with Gasteiger partial charge in [-0.25, -0.2) is 0 Å². The molecule has 0 aromatic heterocycles. The van der Waals surface area contributed by atoms with Gasteiger partial charge >= 0.3 is 5.97 Å². The molecule has 2 aromatic rings. The van der Waals surface area contributed by atoms with Crippen LogP contribution in [0.3, 0.4) is 0 Å². The zero-order chi connectivity index (χ0) is 22.1. The molecule has 5 heteroatoms. The van der Waals surface area contributed by atoms with Crippen LogP contribution in [0.5, 0.6) is 11.5 Å². The first-order valence-electron chi connectivity index (χ1n) is 10.5. The van der Waals surface area contributed by atoms with Gasteiger partial charge in [0.1, 0.15) is 30.1 Å². The lowest BCUT2D eigenvalue weighted by molar-refractivity contribution is -0.141. The van der Waals surface area contributed by atoms with Gasteiger partial charge in [0.2, 0.25) is 0 Å². The fourth-order valence-corrected chi connectivity index (χ4v) is 3.03. The van der Waals surface area contributed by atoms with Crippen LogP contribution in [0.2, 0.25) is 0 Å². The predicted octanol–water partition coefficient (Wildman–Crippen LogP) is 5.99. The molecule has 0 aliphatic carbocycles. The molecule has 0 radical (unpaired) electrons. The van der Waals surface area contributed by atoms with E-state index in [-0.39, 0.29) is 30.0 Å². The zero-order valence-electron chi connectivity index (χ0n) is 18.6. The summed E-state index contributed by atoms with van der Waals surface area (Å²) in [6, 6.07) is 16.4. The molecule has 0 aliphatic heterocycles. The highest BCUT2D eigenvalue weighted by Gasteiger charge is 2.23. The molecular formula is C25H33ClO4. The van der Waals surface area contributed by atoms with Crippen molar-refractivity contribution in [1.29, 1.82) is 0 Å². The molecule has 0 amide bonds. The quantitative estimate of drug-likeness (QED) is 0.323. The third-order valence-corrected chi connectivity index (χ3v) is 5.53. The normalized spacial score (nSPS) is 13.4. The first-order valence-corrected chi connectivity index (χ1v) is 10.9. The standard InChI is InChI=1S/C25H33ClO4/c1-6-18(2)15-29-23-11-7-20(8-12-23)25(4,5)21-9-13-24(14-10-21)30-17-22(26)16-28-19(3)27/h7-14,18,22H,6,15-17H2,1-5H3/t18-,22+/m1/s1. The van der Waals surface area contributed by atoms with E-state index in [2.05, 4.69) is 52.0 Å². The summed E-state index contributed by atoms with van der Waals surface area (Å²) in [5.74, 6) is 1.85. The monoisotopic (exact) mass is 432 g/mol. The Morgan fingerprint density at radius 2 is 1.37 bits per heavy atom. The summed E-state index contributed by atoms with van der Waals surface area (Å²) in [5.41, 5.74) is 2.25. The molecular weight excluding hydrogens is 400 g/mol. The molecule has 2 atom stereocenters. The van der Waals surface area contributed by atoms with Gasteiger partial charge in [0.15, 0.2) is 0 Å². The zero-order valence-corrected chi connectivity index (χ0v) is 19.4. The van der Waals surface area contributed by atoms with Crippen LogP contribution >= 0.6 is 11.6 Å². The minimum Gasteiger partial charge on any atom is -0.493 e. The summed E-state index contributed by atoms with van der Waals surface area (Å²) in [5, 5.41) is -0.383. The number of hydrogen-bond donors (Lipinski definition) is 0. The van der Waals surface area contributed by atoms with Crippen LogP contribution in [0.1, 0.15) is 52.2 Å². The minimum atomic E-state index is -0.383. The van der Waals surface area contributed by atoms with Crippen LogP contribution in [0, 0.1) is 5.92 Å². The second kappa shape index (κ2) is 11.3. The number of rotatable bonds is 11. The van der Waals surface area contributed by atoms with Crippen molar-refractivity contribution in [2.45, 2.75) is 51.8 Å². The Bertz CT molecular complexity index is 784. The third kappa shape index (κ3) is 7.24. The lowest BCUT2D eigenvalue weighted by Gasteiger charge is -2.26. The number of alkyl halides is 1. The number of hydrogen-bond acceptors (Lipinski definition) is 4. The summed E-state index contributed by atoms with van der Waals surface area (Å²) in [4.78, 5) is 10.8. The van der Waals surface area contributed by atoms with Crippen LogP contribution in [-0.2, 0) is 14.9 Å². The predicted molar refractivity (Wildman–Crippen MR) is 122 cm³/mol. The van der Waals surface area contributed by atoms with Gasteiger partial charge < -0.3 is 14.2 Å². The minimum absolute atomic E-state index is 0.138. The topological polar surface area (TPSA) is 44.8 Å². The van der Waals surface area contributed by atoms with E-state index in [1.807, 2.05) is 24.3 Å². The maximum atomic E-state index is 10.8. The largest absolute Gasteiger partial charge is 0.493 e. The second-order valence-electron chi connectivity index (χ2n) is 8.21. The Kier molecular flexibility index (Phi) is 9.04. The average Bonchev–Trinajstić information content (AvgIpc) is 2.75. The van der Waals surface area contributed by atoms with Gasteiger partial charge in [-0.2, -0.15) is 0 Å². The van der Waals surface area contributed by atoms with Gasteiger partial charge in [-0.1, -0.05) is 58.4 Å². The molecule has 0 bridgehead atoms. The summed E-state index contributed by atoms with van der Waals surface area (Å²) >= 11 is 6.11. The van der Waals surface area contributed by atoms with E-state index >= 15 is 0 Å². The van der Waals surface area contributed by atoms with Gasteiger partial charge in [0.25, 0.3) is 0 Å². The van der Waals surface area contributed by atoms with Crippen LogP contribution in [0.15, 0.2) is 48.5 Å². The highest BCUT2D eigenvalue weighted by atomic mass is 35.5. The van der Waals surface area contributed by atoms with Crippen molar-refractivity contribution in [2.24, 2.45) is 5.92 Å². The van der Waals surface area contributed by atoms with E-state index < -0.39 is 0 Å². The number of carbonyl (C=O) groups excluding carboxylic acids is 1. The van der Waals surface area contributed by atoms with Gasteiger partial charge in [0.05, 0.1) is 6.61 Å². The number of halogens is 1. The fourth-order valence-electron chi connectivity index (χ4n) is 2.90. The Morgan fingerprint density at radius 3 is 1.80 bits per heavy atom. The second-order valence-corrected chi connectivity index (χ2v) is 8.83. The van der Waals surface area contributed by atoms with E-state index in [4.69, 9.17) is 25.8 Å². The van der Waals surface area contributed by atoms with E-state index in [0.29, 0.717) is 5.92 Å². The number of carbonyl (C=O) groups is 1. The van der Waals surface area contributed by atoms with Crippen LogP contribution in [0.25, 0.3) is 0 Å². The molecule has 30 heavy (non-hydrogen) atoms. The number of benzene rings is 2. The molecule has 0 N–H and O–H groups in total. The molecule has 164 valence electrons. The molecule has 0 saturated carbocycles. The fraction of sp³-hybridized carbons (Fsp3) is 0.480. The Balaban J connectivity index is 1.96. The van der Waals surface area contributed by atoms with Gasteiger partial charge in [0, 0.05) is 12.3 Å². The van der Waals surface area contributed by atoms with Crippen LogP contribution in [0.4, 0.5) is 0 Å². The van der Waals surface area contributed by atoms with Crippen molar-refractivity contribution < 1.29 is 19.0 Å². The Labute approximate surface area is 185 Å². The van der Waals surface area contributed by atoms with E-state index in [1.54, 1.807) is 0 Å². The Hall–Kier alpha value is -2.20. The number of esters is 1. The average molecular weight is 433 g/mol. The van der Waals surface area contributed by atoms with Crippen molar-refractivity contribution in [3.63, 3.8) is 0 Å². The maximum absolute atomic E-state index is 10.8.